The highest BCUT2D eigenvalue weighted by atomic mass is 19.1. The van der Waals surface area contributed by atoms with Gasteiger partial charge in [-0.1, -0.05) is 6.07 Å². The zero-order valence-corrected chi connectivity index (χ0v) is 14.7. The molecule has 27 heavy (non-hydrogen) atoms. The van der Waals surface area contributed by atoms with Gasteiger partial charge in [0.05, 0.1) is 0 Å². The second kappa shape index (κ2) is 7.94. The third-order valence-corrected chi connectivity index (χ3v) is 4.56. The molecule has 0 aromatic heterocycles. The van der Waals surface area contributed by atoms with Crippen LogP contribution in [-0.4, -0.2) is 48.2 Å². The Kier molecular flexibility index (Phi) is 5.44. The highest BCUT2D eigenvalue weighted by Gasteiger charge is 2.20. The smallest absolute Gasteiger partial charge is 0.407 e. The molecule has 1 fully saturated rings. The minimum atomic E-state index is -0.904. The molecule has 8 heteroatoms. The number of nitrogens with one attached hydrogen (secondary N) is 1. The number of halogens is 1. The first-order valence-corrected chi connectivity index (χ1v) is 8.59. The first-order chi connectivity index (χ1) is 12.9. The van der Waals surface area contributed by atoms with Crippen LogP contribution in [0.5, 0.6) is 0 Å². The molecule has 2 aromatic carbocycles. The average Bonchev–Trinajstić information content (AvgIpc) is 2.67. The van der Waals surface area contributed by atoms with Crippen LogP contribution in [0.2, 0.25) is 0 Å². The molecule has 1 aliphatic rings. The number of carbonyl (C=O) groups excluding carboxylic acids is 1. The topological polar surface area (TPSA) is 98.9 Å². The number of rotatable bonds is 4. The minimum absolute atomic E-state index is 0.0733. The van der Waals surface area contributed by atoms with Gasteiger partial charge in [-0.05, 0) is 36.4 Å². The van der Waals surface area contributed by atoms with Gasteiger partial charge in [0.25, 0.3) is 5.91 Å². The molecule has 0 radical (unpaired) electrons. The van der Waals surface area contributed by atoms with Crippen molar-refractivity contribution in [3.05, 3.63) is 59.4 Å². The Morgan fingerprint density at radius 3 is 2.33 bits per heavy atom. The number of benzene rings is 2. The van der Waals surface area contributed by atoms with Crippen molar-refractivity contribution in [2.75, 3.05) is 36.8 Å². The summed E-state index contributed by atoms with van der Waals surface area (Å²) >= 11 is 0. The van der Waals surface area contributed by atoms with E-state index in [0.717, 1.165) is 5.69 Å². The molecule has 0 bridgehead atoms. The monoisotopic (exact) mass is 372 g/mol. The Balaban J connectivity index is 1.57. The molecule has 0 spiro atoms. The molecule has 7 nitrogen and oxygen atoms in total. The molecule has 2 amide bonds. The molecule has 2 aromatic rings. The molecule has 0 saturated carbocycles. The number of hydrogen-bond acceptors (Lipinski definition) is 4. The quantitative estimate of drug-likeness (QED) is 0.714. The summed E-state index contributed by atoms with van der Waals surface area (Å²) in [4.78, 5) is 26.7. The molecular weight excluding hydrogens is 351 g/mol. The highest BCUT2D eigenvalue weighted by molar-refractivity contribution is 5.94. The van der Waals surface area contributed by atoms with Crippen molar-refractivity contribution in [1.29, 1.82) is 0 Å². The number of nitrogen functional groups attached to an aromatic ring is 1. The van der Waals surface area contributed by atoms with Crippen LogP contribution in [0.1, 0.15) is 15.9 Å². The summed E-state index contributed by atoms with van der Waals surface area (Å²) in [5.74, 6) is -0.750. The molecule has 142 valence electrons. The summed E-state index contributed by atoms with van der Waals surface area (Å²) in [5, 5.41) is 11.7. The summed E-state index contributed by atoms with van der Waals surface area (Å²) in [6, 6.07) is 11.4. The van der Waals surface area contributed by atoms with E-state index in [1.165, 1.54) is 11.0 Å². The van der Waals surface area contributed by atoms with E-state index in [1.807, 2.05) is 12.1 Å². The lowest BCUT2D eigenvalue weighted by atomic mass is 10.1. The Labute approximate surface area is 156 Å². The fraction of sp³-hybridized carbons (Fsp3) is 0.263. The lowest BCUT2D eigenvalue weighted by Crippen LogP contribution is -2.48. The normalized spacial score (nSPS) is 14.1. The lowest BCUT2D eigenvalue weighted by Gasteiger charge is -2.34. The van der Waals surface area contributed by atoms with Gasteiger partial charge in [-0.15, -0.1) is 0 Å². The third kappa shape index (κ3) is 4.46. The summed E-state index contributed by atoms with van der Waals surface area (Å²) in [6.07, 6.45) is -0.904. The van der Waals surface area contributed by atoms with Gasteiger partial charge in [0.1, 0.15) is 5.82 Å². The number of nitrogens with zero attached hydrogens (tertiary/aromatic N) is 2. The van der Waals surface area contributed by atoms with E-state index in [1.54, 1.807) is 24.3 Å². The SMILES string of the molecule is Nc1ccc(CNC(=O)c2ccc(N3CCN(C(=O)O)CC3)cc2)c(F)c1. The van der Waals surface area contributed by atoms with E-state index in [2.05, 4.69) is 10.2 Å². The van der Waals surface area contributed by atoms with Gasteiger partial charge in [-0.25, -0.2) is 9.18 Å². The van der Waals surface area contributed by atoms with Gasteiger partial charge in [-0.2, -0.15) is 0 Å². The fourth-order valence-corrected chi connectivity index (χ4v) is 2.96. The predicted octanol–water partition coefficient (Wildman–Crippen LogP) is 2.14. The number of anilines is 2. The van der Waals surface area contributed by atoms with Gasteiger partial charge in [0, 0.05) is 55.2 Å². The minimum Gasteiger partial charge on any atom is -0.465 e. The molecule has 0 aliphatic carbocycles. The van der Waals surface area contributed by atoms with Crippen molar-refractivity contribution < 1.29 is 19.1 Å². The number of hydrogen-bond donors (Lipinski definition) is 3. The first kappa shape index (κ1) is 18.5. The first-order valence-electron chi connectivity index (χ1n) is 8.59. The number of carbonyl (C=O) groups is 2. The summed E-state index contributed by atoms with van der Waals surface area (Å²) in [7, 11) is 0. The maximum atomic E-state index is 13.8. The van der Waals surface area contributed by atoms with E-state index in [-0.39, 0.29) is 12.5 Å². The van der Waals surface area contributed by atoms with Crippen LogP contribution < -0.4 is 16.0 Å². The van der Waals surface area contributed by atoms with Crippen LogP contribution in [-0.2, 0) is 6.54 Å². The van der Waals surface area contributed by atoms with Gasteiger partial charge in [0.15, 0.2) is 0 Å². The van der Waals surface area contributed by atoms with Crippen molar-refractivity contribution >= 4 is 23.4 Å². The van der Waals surface area contributed by atoms with E-state index < -0.39 is 11.9 Å². The van der Waals surface area contributed by atoms with Crippen LogP contribution in [0.4, 0.5) is 20.6 Å². The van der Waals surface area contributed by atoms with Crippen LogP contribution in [0.3, 0.4) is 0 Å². The maximum Gasteiger partial charge on any atom is 0.407 e. The van der Waals surface area contributed by atoms with Crippen LogP contribution in [0.25, 0.3) is 0 Å². The second-order valence-corrected chi connectivity index (χ2v) is 6.34. The van der Waals surface area contributed by atoms with Crippen molar-refractivity contribution in [2.24, 2.45) is 0 Å². The number of nitrogens with two attached hydrogens (primary N) is 1. The zero-order chi connectivity index (χ0) is 19.4. The van der Waals surface area contributed by atoms with Gasteiger partial charge in [0.2, 0.25) is 0 Å². The van der Waals surface area contributed by atoms with Crippen molar-refractivity contribution in [3.8, 4) is 0 Å². The van der Waals surface area contributed by atoms with Crippen molar-refractivity contribution in [3.63, 3.8) is 0 Å². The number of carboxylic acid groups (broad SMARTS) is 1. The van der Waals surface area contributed by atoms with Crippen LogP contribution in [0, 0.1) is 5.82 Å². The second-order valence-electron chi connectivity index (χ2n) is 6.34. The van der Waals surface area contributed by atoms with Crippen LogP contribution in [0.15, 0.2) is 42.5 Å². The third-order valence-electron chi connectivity index (χ3n) is 4.56. The van der Waals surface area contributed by atoms with E-state index >= 15 is 0 Å². The van der Waals surface area contributed by atoms with Crippen molar-refractivity contribution in [1.82, 2.24) is 10.2 Å². The average molecular weight is 372 g/mol. The molecule has 3 rings (SSSR count). The summed E-state index contributed by atoms with van der Waals surface area (Å²) < 4.78 is 13.8. The lowest BCUT2D eigenvalue weighted by molar-refractivity contribution is 0.0950. The molecule has 0 atom stereocenters. The Bertz CT molecular complexity index is 833. The van der Waals surface area contributed by atoms with E-state index in [4.69, 9.17) is 10.8 Å². The Hall–Kier alpha value is -3.29. The van der Waals surface area contributed by atoms with Crippen LogP contribution >= 0.6 is 0 Å². The van der Waals surface area contributed by atoms with E-state index in [9.17, 15) is 14.0 Å². The Morgan fingerprint density at radius 2 is 1.74 bits per heavy atom. The highest BCUT2D eigenvalue weighted by Crippen LogP contribution is 2.18. The maximum absolute atomic E-state index is 13.8. The molecular formula is C19H21FN4O3. The Morgan fingerprint density at radius 1 is 1.07 bits per heavy atom. The standard InChI is InChI=1S/C19H21FN4O3/c20-17-11-15(21)4-1-14(17)12-22-18(25)13-2-5-16(6-3-13)23-7-9-24(10-8-23)19(26)27/h1-6,11H,7-10,12,21H2,(H,22,25)(H,26,27). The number of amides is 2. The fourth-order valence-electron chi connectivity index (χ4n) is 2.96. The zero-order valence-electron chi connectivity index (χ0n) is 14.7. The predicted molar refractivity (Wildman–Crippen MR) is 100 cm³/mol. The van der Waals surface area contributed by atoms with Gasteiger partial charge in [-0.3, -0.25) is 4.79 Å². The number of piperazine rings is 1. The van der Waals surface area contributed by atoms with E-state index in [0.29, 0.717) is 43.0 Å². The molecule has 0 unspecified atom stereocenters. The molecule has 4 N–H and O–H groups in total. The van der Waals surface area contributed by atoms with Gasteiger partial charge < -0.3 is 26.0 Å². The van der Waals surface area contributed by atoms with Gasteiger partial charge >= 0.3 is 6.09 Å². The molecule has 1 heterocycles. The summed E-state index contributed by atoms with van der Waals surface area (Å²) in [6.45, 7) is 2.18. The summed E-state index contributed by atoms with van der Waals surface area (Å²) in [5.41, 5.74) is 7.61. The molecule has 1 aliphatic heterocycles. The molecule has 1 saturated heterocycles. The van der Waals surface area contributed by atoms with Crippen molar-refractivity contribution in [2.45, 2.75) is 6.54 Å². The largest absolute Gasteiger partial charge is 0.465 e.